The van der Waals surface area contributed by atoms with Gasteiger partial charge in [-0.3, -0.25) is 14.4 Å². The molecule has 2 aliphatic heterocycles. The fourth-order valence-corrected chi connectivity index (χ4v) is 15.6. The topological polar surface area (TPSA) is 113 Å². The van der Waals surface area contributed by atoms with Crippen LogP contribution in [-0.4, -0.2) is 75.7 Å². The van der Waals surface area contributed by atoms with Crippen molar-refractivity contribution in [2.75, 3.05) is 13.1 Å². The Hall–Kier alpha value is -2.32. The Bertz CT molecular complexity index is 1600. The van der Waals surface area contributed by atoms with Crippen molar-refractivity contribution in [3.63, 3.8) is 0 Å². The summed E-state index contributed by atoms with van der Waals surface area (Å²) < 4.78 is 11.9. The summed E-state index contributed by atoms with van der Waals surface area (Å²) in [7, 11) is 0. The Morgan fingerprint density at radius 1 is 0.768 bits per heavy atom. The largest absolute Gasteiger partial charge is 0.481 e. The van der Waals surface area contributed by atoms with Crippen molar-refractivity contribution in [3.05, 3.63) is 0 Å². The number of hydrogen-bond donors (Lipinski definition) is 1. The zero-order chi connectivity index (χ0) is 41.2. The van der Waals surface area contributed by atoms with Crippen LogP contribution >= 0.6 is 0 Å². The highest BCUT2D eigenvalue weighted by Crippen LogP contribution is 2.78. The van der Waals surface area contributed by atoms with Gasteiger partial charge >= 0.3 is 18.0 Å². The van der Waals surface area contributed by atoms with Gasteiger partial charge in [0.25, 0.3) is 0 Å². The number of hydrogen-bond acceptors (Lipinski definition) is 6. The molecule has 9 heteroatoms. The minimum atomic E-state index is -1.15. The van der Waals surface area contributed by atoms with E-state index in [-0.39, 0.29) is 57.8 Å². The highest BCUT2D eigenvalue weighted by atomic mass is 16.6. The number of piperazine rings is 1. The van der Waals surface area contributed by atoms with Crippen LogP contribution in [0.2, 0.25) is 0 Å². The SMILES string of the molecule is CC(C)[C@@H]1CC[C@]2(CC(=O)N3CC4CC3CN4C(=O)OC(C)(C)C)CC[C@]3(C)[C@H](CC[C@@H]4[C@@]5(C)CC[C@H](OC(=O)CC(C)(C)C(=O)O)C(C)(C)[C@@H]5CC[C@]43C)[C@@H]12. The number of carboxylic acid groups (broad SMARTS) is 1. The Morgan fingerprint density at radius 2 is 1.43 bits per heavy atom. The predicted octanol–water partition coefficient (Wildman–Crippen LogP) is 9.75. The molecule has 0 radical (unpaired) electrons. The second-order valence-electron chi connectivity index (χ2n) is 23.6. The van der Waals surface area contributed by atoms with Crippen molar-refractivity contribution in [2.45, 2.75) is 190 Å². The van der Waals surface area contributed by atoms with Gasteiger partial charge in [-0.05, 0) is 162 Å². The highest BCUT2D eigenvalue weighted by Gasteiger charge is 2.71. The van der Waals surface area contributed by atoms with Crippen molar-refractivity contribution < 1.29 is 33.8 Å². The number of nitrogens with zero attached hydrogens (tertiary/aromatic N) is 2. The van der Waals surface area contributed by atoms with E-state index in [9.17, 15) is 24.3 Å². The van der Waals surface area contributed by atoms with Gasteiger partial charge in [0, 0.05) is 24.9 Å². The van der Waals surface area contributed by atoms with Crippen LogP contribution in [0.3, 0.4) is 0 Å². The number of carboxylic acids is 1. The van der Waals surface area contributed by atoms with Gasteiger partial charge in [0.2, 0.25) is 5.91 Å². The summed E-state index contributed by atoms with van der Waals surface area (Å²) in [6.07, 6.45) is 12.2. The van der Waals surface area contributed by atoms with E-state index in [2.05, 4.69) is 53.4 Å². The molecule has 2 unspecified atom stereocenters. The van der Waals surface area contributed by atoms with E-state index in [0.717, 1.165) is 38.5 Å². The normalized spacial score (nSPS) is 42.7. The summed E-state index contributed by atoms with van der Waals surface area (Å²) >= 11 is 0. The average Bonchev–Trinajstić information content (AvgIpc) is 3.79. The van der Waals surface area contributed by atoms with Crippen molar-refractivity contribution in [1.82, 2.24) is 9.80 Å². The van der Waals surface area contributed by atoms with E-state index < -0.39 is 23.0 Å². The van der Waals surface area contributed by atoms with Crippen molar-refractivity contribution in [2.24, 2.45) is 68.0 Å². The highest BCUT2D eigenvalue weighted by molar-refractivity contribution is 5.81. The number of amides is 2. The molecule has 12 atom stereocenters. The third-order valence-electron chi connectivity index (χ3n) is 18.6. The number of carbonyl (C=O) groups is 4. The molecular weight excluding hydrogens is 705 g/mol. The van der Waals surface area contributed by atoms with Gasteiger partial charge in [0.1, 0.15) is 11.7 Å². The molecule has 7 fully saturated rings. The fourth-order valence-electron chi connectivity index (χ4n) is 15.6. The van der Waals surface area contributed by atoms with Gasteiger partial charge in [-0.15, -0.1) is 0 Å². The lowest BCUT2D eigenvalue weighted by Gasteiger charge is -2.73. The van der Waals surface area contributed by atoms with Crippen molar-refractivity contribution in [1.29, 1.82) is 0 Å². The van der Waals surface area contributed by atoms with Crippen LogP contribution in [0.15, 0.2) is 0 Å². The molecule has 9 nitrogen and oxygen atoms in total. The van der Waals surface area contributed by atoms with Gasteiger partial charge < -0.3 is 24.4 Å². The maximum Gasteiger partial charge on any atom is 0.410 e. The van der Waals surface area contributed by atoms with Gasteiger partial charge in [-0.1, -0.05) is 48.5 Å². The molecule has 316 valence electrons. The van der Waals surface area contributed by atoms with Gasteiger partial charge in [-0.2, -0.15) is 0 Å². The molecular formula is C47H76N2O7. The molecule has 0 aromatic carbocycles. The molecule has 2 amide bonds. The van der Waals surface area contributed by atoms with Crippen LogP contribution in [0.4, 0.5) is 4.79 Å². The van der Waals surface area contributed by atoms with E-state index in [1.165, 1.54) is 32.1 Å². The molecule has 0 aromatic rings. The van der Waals surface area contributed by atoms with E-state index in [4.69, 9.17) is 9.47 Å². The first-order valence-electron chi connectivity index (χ1n) is 22.5. The predicted molar refractivity (Wildman–Crippen MR) is 216 cm³/mol. The van der Waals surface area contributed by atoms with Crippen LogP contribution in [0.25, 0.3) is 0 Å². The number of aliphatic carboxylic acids is 1. The summed E-state index contributed by atoms with van der Waals surface area (Å²) in [5.41, 5.74) is -1.33. The Kier molecular flexibility index (Phi) is 10.2. The zero-order valence-electron chi connectivity index (χ0n) is 37.1. The number of carbonyl (C=O) groups excluding carboxylic acids is 3. The molecule has 56 heavy (non-hydrogen) atoms. The average molecular weight is 781 g/mol. The monoisotopic (exact) mass is 781 g/mol. The molecule has 7 rings (SSSR count). The Balaban J connectivity index is 1.09. The third kappa shape index (κ3) is 6.43. The minimum Gasteiger partial charge on any atom is -0.481 e. The summed E-state index contributed by atoms with van der Waals surface area (Å²) in [5.74, 6) is 2.31. The summed E-state index contributed by atoms with van der Waals surface area (Å²) in [5, 5.41) is 9.64. The summed E-state index contributed by atoms with van der Waals surface area (Å²) in [6, 6.07) is 0.146. The molecule has 0 spiro atoms. The second-order valence-corrected chi connectivity index (χ2v) is 23.6. The first-order valence-corrected chi connectivity index (χ1v) is 22.5. The molecule has 5 saturated carbocycles. The molecule has 2 saturated heterocycles. The fraction of sp³-hybridized carbons (Fsp3) is 0.915. The molecule has 0 aromatic heterocycles. The maximum absolute atomic E-state index is 14.5. The lowest BCUT2D eigenvalue weighted by molar-refractivity contribution is -0.252. The van der Waals surface area contributed by atoms with Gasteiger partial charge in [-0.25, -0.2) is 4.79 Å². The summed E-state index contributed by atoms with van der Waals surface area (Å²) in [6.45, 7) is 27.5. The number of likely N-dealkylation sites (tertiary alicyclic amines) is 2. The minimum absolute atomic E-state index is 0.0479. The van der Waals surface area contributed by atoms with E-state index >= 15 is 0 Å². The van der Waals surface area contributed by atoms with Gasteiger partial charge in [0.15, 0.2) is 0 Å². The second kappa shape index (κ2) is 13.6. The number of ether oxygens (including phenoxy) is 2. The molecule has 1 N–H and O–H groups in total. The number of rotatable bonds is 7. The first-order chi connectivity index (χ1) is 25.8. The summed E-state index contributed by atoms with van der Waals surface area (Å²) in [4.78, 5) is 56.5. The van der Waals surface area contributed by atoms with Crippen LogP contribution in [0.5, 0.6) is 0 Å². The Labute approximate surface area is 338 Å². The number of fused-ring (bicyclic) bond motifs is 9. The lowest BCUT2D eigenvalue weighted by Crippen LogP contribution is -2.67. The molecule has 2 heterocycles. The van der Waals surface area contributed by atoms with E-state index in [0.29, 0.717) is 60.9 Å². The first kappa shape index (κ1) is 41.8. The van der Waals surface area contributed by atoms with Crippen LogP contribution in [-0.2, 0) is 23.9 Å². The molecule has 7 aliphatic rings. The van der Waals surface area contributed by atoms with Crippen LogP contribution in [0.1, 0.15) is 167 Å². The lowest BCUT2D eigenvalue weighted by atomic mass is 9.32. The van der Waals surface area contributed by atoms with Gasteiger partial charge in [0.05, 0.1) is 23.9 Å². The maximum atomic E-state index is 14.5. The van der Waals surface area contributed by atoms with Crippen molar-refractivity contribution >= 4 is 23.9 Å². The van der Waals surface area contributed by atoms with Crippen molar-refractivity contribution in [3.8, 4) is 0 Å². The molecule has 5 aliphatic carbocycles. The van der Waals surface area contributed by atoms with E-state index in [1.807, 2.05) is 25.7 Å². The smallest absolute Gasteiger partial charge is 0.410 e. The zero-order valence-corrected chi connectivity index (χ0v) is 37.1. The van der Waals surface area contributed by atoms with Crippen LogP contribution < -0.4 is 0 Å². The third-order valence-corrected chi connectivity index (χ3v) is 18.6. The van der Waals surface area contributed by atoms with Crippen LogP contribution in [0, 0.1) is 68.0 Å². The standard InChI is InChI=1S/C47H76N2O7/c1-28(2)31-15-20-47(24-36(50)48-26-30-23-29(48)27-49(30)40(54)56-41(3,4)5)22-21-45(11)32(38(31)47)13-14-34-44(10)18-17-35(55-37(51)25-42(6,7)39(52)53)43(8,9)33(44)16-19-46(34,45)12/h28-35,38H,13-27H2,1-12H3,(H,52,53)/t29?,30?,31-,32+,33-,34+,35-,38+,44-,45+,46+,47+/m0/s1. The number of esters is 1. The van der Waals surface area contributed by atoms with E-state index in [1.54, 1.807) is 13.8 Å². The Morgan fingerprint density at radius 3 is 2.04 bits per heavy atom. The quantitative estimate of drug-likeness (QED) is 0.256. The molecule has 2 bridgehead atoms.